The maximum atomic E-state index is 13.1. The quantitative estimate of drug-likeness (QED) is 0.269. The fourth-order valence-electron chi connectivity index (χ4n) is 5.68. The molecular weight excluding hydrogens is 457 g/mol. The number of para-hydroxylation sites is 2. The lowest BCUT2D eigenvalue weighted by Crippen LogP contribution is -2.29. The molecule has 0 bridgehead atoms. The van der Waals surface area contributed by atoms with Crippen LogP contribution >= 0.6 is 0 Å². The molecule has 0 saturated heterocycles. The van der Waals surface area contributed by atoms with Crippen LogP contribution in [-0.2, 0) is 6.18 Å². The maximum absolute atomic E-state index is 13.1. The minimum absolute atomic E-state index is 0.000272. The fourth-order valence-corrected chi connectivity index (χ4v) is 5.68. The molecule has 0 saturated carbocycles. The molecule has 1 aliphatic carbocycles. The van der Waals surface area contributed by atoms with Crippen molar-refractivity contribution in [2.24, 2.45) is 0 Å². The summed E-state index contributed by atoms with van der Waals surface area (Å²) in [5, 5.41) is 2.39. The van der Waals surface area contributed by atoms with Crippen molar-refractivity contribution >= 4 is 38.8 Å². The Bertz CT molecular complexity index is 1690. The van der Waals surface area contributed by atoms with Gasteiger partial charge in [-0.3, -0.25) is 0 Å². The second-order valence-corrected chi connectivity index (χ2v) is 9.40. The first-order valence-electron chi connectivity index (χ1n) is 11.9. The Morgan fingerprint density at radius 2 is 1.50 bits per heavy atom. The molecule has 4 aromatic carbocycles. The number of alkyl halides is 3. The Morgan fingerprint density at radius 3 is 2.33 bits per heavy atom. The zero-order chi connectivity index (χ0) is 24.4. The van der Waals surface area contributed by atoms with Crippen LogP contribution in [0.2, 0.25) is 0 Å². The van der Waals surface area contributed by atoms with E-state index in [1.807, 2.05) is 24.3 Å². The number of anilines is 2. The summed E-state index contributed by atoms with van der Waals surface area (Å²) in [7, 11) is 0. The number of halogens is 3. The summed E-state index contributed by atoms with van der Waals surface area (Å²) in [5.74, 6) is 0.0992. The molecule has 0 radical (unpaired) electrons. The van der Waals surface area contributed by atoms with Gasteiger partial charge in [0.2, 0.25) is 0 Å². The van der Waals surface area contributed by atoms with Crippen LogP contribution in [0.1, 0.15) is 22.6 Å². The van der Waals surface area contributed by atoms with Gasteiger partial charge >= 0.3 is 6.18 Å². The number of hydrogen-bond donors (Lipinski definition) is 1. The number of rotatable bonds is 2. The topological polar surface area (TPSA) is 19.0 Å². The third kappa shape index (κ3) is 3.19. The van der Waals surface area contributed by atoms with E-state index in [4.69, 9.17) is 0 Å². The van der Waals surface area contributed by atoms with Crippen molar-refractivity contribution in [3.63, 3.8) is 0 Å². The first-order chi connectivity index (χ1) is 17.5. The van der Waals surface area contributed by atoms with Crippen LogP contribution in [0.4, 0.5) is 24.5 Å². The summed E-state index contributed by atoms with van der Waals surface area (Å²) in [5.41, 5.74) is 6.85. The van der Waals surface area contributed by atoms with Crippen LogP contribution in [0.15, 0.2) is 109 Å². The lowest BCUT2D eigenvalue weighted by Gasteiger charge is -2.30. The first-order valence-corrected chi connectivity index (χ1v) is 11.9. The molecule has 36 heavy (non-hydrogen) atoms. The Balaban J connectivity index is 1.29. The van der Waals surface area contributed by atoms with Gasteiger partial charge in [-0.1, -0.05) is 60.7 Å². The van der Waals surface area contributed by atoms with Crippen molar-refractivity contribution in [1.82, 2.24) is 4.98 Å². The molecule has 5 heteroatoms. The zero-order valence-corrected chi connectivity index (χ0v) is 19.1. The molecule has 2 unspecified atom stereocenters. The summed E-state index contributed by atoms with van der Waals surface area (Å²) in [6.07, 6.45) is 2.26. The highest BCUT2D eigenvalue weighted by Crippen LogP contribution is 2.49. The number of hydrogen-bond acceptors (Lipinski definition) is 1. The van der Waals surface area contributed by atoms with Gasteiger partial charge in [-0.25, -0.2) is 0 Å². The van der Waals surface area contributed by atoms with Crippen molar-refractivity contribution in [3.8, 4) is 0 Å². The molecule has 0 amide bonds. The van der Waals surface area contributed by atoms with Crippen molar-refractivity contribution in [3.05, 3.63) is 126 Å². The number of nitrogens with zero attached hydrogens (tertiary/aromatic N) is 1. The normalized spacial score (nSPS) is 19.0. The lowest BCUT2D eigenvalue weighted by atomic mass is 9.86. The number of nitrogens with one attached hydrogen (secondary N) is 1. The molecule has 1 aliphatic heterocycles. The van der Waals surface area contributed by atoms with Crippen LogP contribution < -0.4 is 4.90 Å². The number of allylic oxidation sites excluding steroid dienone is 2. The predicted molar refractivity (Wildman–Crippen MR) is 139 cm³/mol. The molecule has 2 aliphatic rings. The van der Waals surface area contributed by atoms with E-state index >= 15 is 0 Å². The molecule has 1 aromatic heterocycles. The maximum Gasteiger partial charge on any atom is 0.416 e. The zero-order valence-electron chi connectivity index (χ0n) is 19.1. The monoisotopic (exact) mass is 478 g/mol. The minimum atomic E-state index is -4.35. The molecule has 1 N–H and O–H groups in total. The smallest absolute Gasteiger partial charge is 0.355 e. The van der Waals surface area contributed by atoms with Gasteiger partial charge in [0.05, 0.1) is 11.6 Å². The number of aromatic nitrogens is 1. The van der Waals surface area contributed by atoms with Crippen LogP contribution in [0, 0.1) is 0 Å². The van der Waals surface area contributed by atoms with Crippen LogP contribution in [0.25, 0.3) is 27.4 Å². The Kier molecular flexibility index (Phi) is 4.46. The molecule has 5 aromatic rings. The molecule has 2 nitrogen and oxygen atoms in total. The van der Waals surface area contributed by atoms with Crippen molar-refractivity contribution in [2.45, 2.75) is 18.1 Å². The molecule has 0 spiro atoms. The summed E-state index contributed by atoms with van der Waals surface area (Å²) in [6, 6.07) is 28.4. The fraction of sp³-hybridized carbons (Fsp3) is 0.0968. The van der Waals surface area contributed by atoms with Crippen LogP contribution in [0.3, 0.4) is 0 Å². The van der Waals surface area contributed by atoms with Gasteiger partial charge in [0.15, 0.2) is 0 Å². The van der Waals surface area contributed by atoms with E-state index in [1.54, 1.807) is 12.1 Å². The van der Waals surface area contributed by atoms with E-state index in [-0.39, 0.29) is 12.0 Å². The van der Waals surface area contributed by atoms with Gasteiger partial charge in [-0.2, -0.15) is 13.2 Å². The van der Waals surface area contributed by atoms with Gasteiger partial charge in [0.1, 0.15) is 0 Å². The highest BCUT2D eigenvalue weighted by atomic mass is 19.4. The van der Waals surface area contributed by atoms with E-state index < -0.39 is 11.7 Å². The first kappa shape index (κ1) is 21.1. The van der Waals surface area contributed by atoms with E-state index in [0.717, 1.165) is 45.7 Å². The van der Waals surface area contributed by atoms with Gasteiger partial charge < -0.3 is 9.88 Å². The number of H-pyrrole nitrogens is 1. The predicted octanol–water partition coefficient (Wildman–Crippen LogP) is 8.60. The number of aromatic amines is 1. The van der Waals surface area contributed by atoms with E-state index in [0.29, 0.717) is 0 Å². The van der Waals surface area contributed by atoms with Crippen LogP contribution in [0.5, 0.6) is 0 Å². The number of benzene rings is 4. The average molecular weight is 479 g/mol. The standard InChI is InChI=1S/C31H21F3N2/c32-31(33,34)21-11-13-22(14-12-21)36-29-8-4-2-6-24(29)26-18-20(10-16-30(26)36)19-9-15-28-25(17-19)23-5-1-3-7-27(23)35-28/h1-18,26,30,35H. The largest absolute Gasteiger partial charge is 0.416 e. The Labute approximate surface area is 206 Å². The third-order valence-corrected chi connectivity index (χ3v) is 7.37. The second-order valence-electron chi connectivity index (χ2n) is 9.40. The van der Waals surface area contributed by atoms with E-state index in [1.165, 1.54) is 16.3 Å². The molecule has 2 heterocycles. The summed E-state index contributed by atoms with van der Waals surface area (Å²) in [4.78, 5) is 5.63. The van der Waals surface area contributed by atoms with Crippen molar-refractivity contribution in [2.75, 3.05) is 4.90 Å². The summed E-state index contributed by atoms with van der Waals surface area (Å²) in [6.45, 7) is 0. The molecule has 2 atom stereocenters. The van der Waals surface area contributed by atoms with Crippen molar-refractivity contribution in [1.29, 1.82) is 0 Å². The summed E-state index contributed by atoms with van der Waals surface area (Å²) < 4.78 is 39.4. The van der Waals surface area contributed by atoms with Gasteiger partial charge in [0.25, 0.3) is 0 Å². The van der Waals surface area contributed by atoms with E-state index in [2.05, 4.69) is 70.6 Å². The molecule has 7 rings (SSSR count). The molecular formula is C31H21F3N2. The third-order valence-electron chi connectivity index (χ3n) is 7.37. The van der Waals surface area contributed by atoms with Crippen molar-refractivity contribution < 1.29 is 13.2 Å². The van der Waals surface area contributed by atoms with Crippen LogP contribution in [-0.4, -0.2) is 11.0 Å². The SMILES string of the molecule is FC(F)(F)c1ccc(N2c3ccccc3C3C=C(c4ccc5[nH]c6ccccc6c5c4)C=CC32)cc1. The van der Waals surface area contributed by atoms with Gasteiger partial charge in [0, 0.05) is 39.1 Å². The van der Waals surface area contributed by atoms with Gasteiger partial charge in [-0.05, 0) is 65.2 Å². The lowest BCUT2D eigenvalue weighted by molar-refractivity contribution is -0.137. The Morgan fingerprint density at radius 1 is 0.750 bits per heavy atom. The molecule has 0 fully saturated rings. The van der Waals surface area contributed by atoms with Gasteiger partial charge in [-0.15, -0.1) is 0 Å². The Hall–Kier alpha value is -4.25. The highest BCUT2D eigenvalue weighted by Gasteiger charge is 2.38. The summed E-state index contributed by atoms with van der Waals surface area (Å²) >= 11 is 0. The number of fused-ring (bicyclic) bond motifs is 6. The highest BCUT2D eigenvalue weighted by molar-refractivity contribution is 6.08. The molecule has 176 valence electrons. The second kappa shape index (κ2) is 7.62. The van der Waals surface area contributed by atoms with E-state index in [9.17, 15) is 13.2 Å². The minimum Gasteiger partial charge on any atom is -0.355 e. The average Bonchev–Trinajstić information content (AvgIpc) is 3.43.